The molecule has 140 valence electrons. The van der Waals surface area contributed by atoms with E-state index in [9.17, 15) is 9.18 Å². The van der Waals surface area contributed by atoms with Crippen LogP contribution < -0.4 is 5.32 Å². The molecule has 0 radical (unpaired) electrons. The molecule has 28 heavy (non-hydrogen) atoms. The van der Waals surface area contributed by atoms with Gasteiger partial charge in [0, 0.05) is 35.8 Å². The molecule has 0 bridgehead atoms. The molecule has 3 aromatic rings. The summed E-state index contributed by atoms with van der Waals surface area (Å²) in [4.78, 5) is 25.5. The zero-order valence-corrected chi connectivity index (χ0v) is 15.4. The minimum absolute atomic E-state index is 0.152. The highest BCUT2D eigenvalue weighted by molar-refractivity contribution is 6.15. The van der Waals surface area contributed by atoms with Gasteiger partial charge in [0.15, 0.2) is 0 Å². The maximum absolute atomic E-state index is 13.2. The highest BCUT2D eigenvalue weighted by Gasteiger charge is 2.19. The van der Waals surface area contributed by atoms with Crippen LogP contribution in [0.5, 0.6) is 0 Å². The predicted octanol–water partition coefficient (Wildman–Crippen LogP) is 3.13. The number of aryl methyl sites for hydroxylation is 1. The fraction of sp³-hybridized carbons (Fsp3) is 0.182. The Morgan fingerprint density at radius 1 is 1.18 bits per heavy atom. The van der Waals surface area contributed by atoms with E-state index in [4.69, 9.17) is 0 Å². The van der Waals surface area contributed by atoms with Gasteiger partial charge in [0.05, 0.1) is 24.4 Å². The van der Waals surface area contributed by atoms with Gasteiger partial charge in [-0.3, -0.25) is 19.8 Å². The summed E-state index contributed by atoms with van der Waals surface area (Å²) >= 11 is 0. The molecule has 1 aliphatic heterocycles. The van der Waals surface area contributed by atoms with Crippen LogP contribution in [0.15, 0.2) is 59.9 Å². The molecule has 1 aliphatic rings. The number of aromatic nitrogens is 2. The molecule has 0 aliphatic carbocycles. The average Bonchev–Trinajstić information content (AvgIpc) is 3.10. The summed E-state index contributed by atoms with van der Waals surface area (Å²) in [5.74, 6) is -0.465. The number of hydrogen-bond donors (Lipinski definition) is 1. The molecule has 0 saturated heterocycles. The highest BCUT2D eigenvalue weighted by atomic mass is 19.1. The van der Waals surface area contributed by atoms with Crippen LogP contribution in [0.4, 0.5) is 4.39 Å². The first-order valence-corrected chi connectivity index (χ1v) is 9.05. The second-order valence-corrected chi connectivity index (χ2v) is 6.77. The minimum atomic E-state index is -0.313. The maximum Gasteiger partial charge on any atom is 0.226 e. The van der Waals surface area contributed by atoms with Crippen molar-refractivity contribution in [3.63, 3.8) is 0 Å². The van der Waals surface area contributed by atoms with E-state index in [0.29, 0.717) is 12.2 Å². The Morgan fingerprint density at radius 2 is 2.07 bits per heavy atom. The Balaban J connectivity index is 1.42. The van der Waals surface area contributed by atoms with Crippen LogP contribution >= 0.6 is 0 Å². The normalized spacial score (nSPS) is 12.4. The first kappa shape index (κ1) is 18.0. The average molecular weight is 374 g/mol. The number of benzene rings is 1. The van der Waals surface area contributed by atoms with Crippen LogP contribution in [0.3, 0.4) is 0 Å². The molecule has 0 saturated carbocycles. The highest BCUT2D eigenvalue weighted by Crippen LogP contribution is 2.23. The van der Waals surface area contributed by atoms with Crippen LogP contribution in [0, 0.1) is 12.7 Å². The first-order valence-electron chi connectivity index (χ1n) is 9.05. The Bertz CT molecular complexity index is 1080. The number of carbonyl (C=O) groups is 1. The Labute approximate surface area is 162 Å². The SMILES string of the molecule is Cc1cc(C2=NCc3cc(CC(=O)NCc4cccc(F)c4)ncc32)ccn1. The van der Waals surface area contributed by atoms with Crippen molar-refractivity contribution >= 4 is 11.6 Å². The Kier molecular flexibility index (Phi) is 4.93. The molecule has 5 nitrogen and oxygen atoms in total. The van der Waals surface area contributed by atoms with Crippen molar-refractivity contribution in [3.05, 3.63) is 94.3 Å². The van der Waals surface area contributed by atoms with Gasteiger partial charge < -0.3 is 5.32 Å². The van der Waals surface area contributed by atoms with Gasteiger partial charge in [-0.2, -0.15) is 0 Å². The van der Waals surface area contributed by atoms with Gasteiger partial charge in [-0.05, 0) is 48.4 Å². The lowest BCUT2D eigenvalue weighted by atomic mass is 10.0. The monoisotopic (exact) mass is 374 g/mol. The van der Waals surface area contributed by atoms with E-state index in [1.165, 1.54) is 12.1 Å². The number of carbonyl (C=O) groups excluding carboxylic acids is 1. The van der Waals surface area contributed by atoms with Crippen molar-refractivity contribution in [1.82, 2.24) is 15.3 Å². The van der Waals surface area contributed by atoms with Gasteiger partial charge in [-0.15, -0.1) is 0 Å². The number of rotatable bonds is 5. The fourth-order valence-electron chi connectivity index (χ4n) is 3.25. The zero-order chi connectivity index (χ0) is 19.5. The van der Waals surface area contributed by atoms with E-state index in [-0.39, 0.29) is 24.7 Å². The Hall–Kier alpha value is -3.41. The van der Waals surface area contributed by atoms with Gasteiger partial charge in [-0.25, -0.2) is 4.39 Å². The van der Waals surface area contributed by atoms with E-state index in [1.807, 2.05) is 25.1 Å². The lowest BCUT2D eigenvalue weighted by Crippen LogP contribution is -2.25. The third-order valence-corrected chi connectivity index (χ3v) is 4.60. The smallest absolute Gasteiger partial charge is 0.226 e. The van der Waals surface area contributed by atoms with E-state index >= 15 is 0 Å². The lowest BCUT2D eigenvalue weighted by Gasteiger charge is -2.08. The number of halogens is 1. The molecule has 0 atom stereocenters. The van der Waals surface area contributed by atoms with Crippen molar-refractivity contribution < 1.29 is 9.18 Å². The molecule has 1 aromatic carbocycles. The van der Waals surface area contributed by atoms with Gasteiger partial charge in [0.25, 0.3) is 0 Å². The number of aliphatic imine (C=N–C) groups is 1. The summed E-state index contributed by atoms with van der Waals surface area (Å²) in [6, 6.07) is 12.1. The molecule has 4 rings (SSSR count). The predicted molar refractivity (Wildman–Crippen MR) is 105 cm³/mol. The fourth-order valence-corrected chi connectivity index (χ4v) is 3.25. The maximum atomic E-state index is 13.2. The molecule has 0 spiro atoms. The number of hydrogen-bond acceptors (Lipinski definition) is 4. The molecule has 2 aromatic heterocycles. The first-order chi connectivity index (χ1) is 13.6. The molecule has 1 amide bonds. The molecule has 0 fully saturated rings. The third kappa shape index (κ3) is 3.96. The molecule has 6 heteroatoms. The molecular formula is C22H19FN4O. The Morgan fingerprint density at radius 3 is 2.89 bits per heavy atom. The van der Waals surface area contributed by atoms with Crippen molar-refractivity contribution in [1.29, 1.82) is 0 Å². The topological polar surface area (TPSA) is 67.2 Å². The summed E-state index contributed by atoms with van der Waals surface area (Å²) < 4.78 is 13.2. The quantitative estimate of drug-likeness (QED) is 0.746. The second-order valence-electron chi connectivity index (χ2n) is 6.77. The van der Waals surface area contributed by atoms with Crippen molar-refractivity contribution in [2.45, 2.75) is 26.4 Å². The van der Waals surface area contributed by atoms with E-state index in [1.54, 1.807) is 24.5 Å². The van der Waals surface area contributed by atoms with Crippen LogP contribution in [-0.2, 0) is 24.3 Å². The molecule has 3 heterocycles. The number of fused-ring (bicyclic) bond motifs is 1. The summed E-state index contributed by atoms with van der Waals surface area (Å²) in [6.07, 6.45) is 3.73. The molecule has 0 unspecified atom stereocenters. The number of nitrogens with zero attached hydrogens (tertiary/aromatic N) is 3. The number of pyridine rings is 2. The summed E-state index contributed by atoms with van der Waals surface area (Å²) in [5.41, 5.74) is 6.35. The lowest BCUT2D eigenvalue weighted by molar-refractivity contribution is -0.120. The number of nitrogens with one attached hydrogen (secondary N) is 1. The summed E-state index contributed by atoms with van der Waals surface area (Å²) in [7, 11) is 0. The number of amides is 1. The van der Waals surface area contributed by atoms with Gasteiger partial charge in [0.1, 0.15) is 5.82 Å². The van der Waals surface area contributed by atoms with Crippen LogP contribution in [0.25, 0.3) is 0 Å². The van der Waals surface area contributed by atoms with Crippen LogP contribution in [0.2, 0.25) is 0 Å². The van der Waals surface area contributed by atoms with E-state index in [2.05, 4.69) is 20.3 Å². The third-order valence-electron chi connectivity index (χ3n) is 4.60. The zero-order valence-electron chi connectivity index (χ0n) is 15.4. The minimum Gasteiger partial charge on any atom is -0.352 e. The van der Waals surface area contributed by atoms with Crippen molar-refractivity contribution in [2.24, 2.45) is 4.99 Å². The van der Waals surface area contributed by atoms with Gasteiger partial charge >= 0.3 is 0 Å². The van der Waals surface area contributed by atoms with Crippen molar-refractivity contribution in [2.75, 3.05) is 0 Å². The van der Waals surface area contributed by atoms with E-state index in [0.717, 1.165) is 33.7 Å². The van der Waals surface area contributed by atoms with E-state index < -0.39 is 0 Å². The van der Waals surface area contributed by atoms with Crippen LogP contribution in [-0.4, -0.2) is 21.6 Å². The molecule has 1 N–H and O–H groups in total. The van der Waals surface area contributed by atoms with Crippen LogP contribution in [0.1, 0.15) is 33.6 Å². The summed E-state index contributed by atoms with van der Waals surface area (Å²) in [6.45, 7) is 2.81. The standard InChI is InChI=1S/C22H19FN4O/c1-14-7-16(5-6-24-14)22-20-13-25-19(9-17(20)12-27-22)10-21(28)26-11-15-3-2-4-18(23)8-15/h2-9,13H,10-12H2,1H3,(H,26,28). The second kappa shape index (κ2) is 7.68. The molecular weight excluding hydrogens is 355 g/mol. The van der Waals surface area contributed by atoms with Gasteiger partial charge in [0.2, 0.25) is 5.91 Å². The summed E-state index contributed by atoms with van der Waals surface area (Å²) in [5, 5.41) is 2.80. The van der Waals surface area contributed by atoms with Crippen molar-refractivity contribution in [3.8, 4) is 0 Å². The largest absolute Gasteiger partial charge is 0.352 e. The van der Waals surface area contributed by atoms with Gasteiger partial charge in [-0.1, -0.05) is 12.1 Å².